The zero-order chi connectivity index (χ0) is 13.9. The Balaban J connectivity index is 2.10. The third-order valence-corrected chi connectivity index (χ3v) is 4.74. The third kappa shape index (κ3) is 2.91. The fourth-order valence-electron chi connectivity index (χ4n) is 3.45. The van der Waals surface area contributed by atoms with Crippen molar-refractivity contribution in [1.29, 1.82) is 0 Å². The summed E-state index contributed by atoms with van der Waals surface area (Å²) in [4.78, 5) is 25.6. The van der Waals surface area contributed by atoms with Crippen molar-refractivity contribution in [2.45, 2.75) is 51.5 Å². The Bertz CT molecular complexity index is 351. The Morgan fingerprint density at radius 1 is 1.37 bits per heavy atom. The number of nitrogens with one attached hydrogen (secondary N) is 1. The van der Waals surface area contributed by atoms with Crippen LogP contribution < -0.4 is 5.32 Å². The Hall–Kier alpha value is -1.10. The minimum Gasteiger partial charge on any atom is -0.481 e. The zero-order valence-corrected chi connectivity index (χ0v) is 11.7. The molecule has 2 aliphatic heterocycles. The van der Waals surface area contributed by atoms with Crippen molar-refractivity contribution in [2.24, 2.45) is 5.41 Å². The number of aliphatic carboxylic acids is 1. The van der Waals surface area contributed by atoms with Crippen LogP contribution in [0.4, 0.5) is 0 Å². The maximum absolute atomic E-state index is 12.9. The monoisotopic (exact) mass is 268 g/mol. The Kier molecular flexibility index (Phi) is 4.45. The average molecular weight is 268 g/mol. The molecule has 19 heavy (non-hydrogen) atoms. The second-order valence-corrected chi connectivity index (χ2v) is 5.78. The lowest BCUT2D eigenvalue weighted by molar-refractivity contribution is -0.147. The van der Waals surface area contributed by atoms with Crippen molar-refractivity contribution in [2.75, 3.05) is 19.6 Å². The van der Waals surface area contributed by atoms with E-state index in [-0.39, 0.29) is 23.8 Å². The molecule has 5 nitrogen and oxygen atoms in total. The van der Waals surface area contributed by atoms with E-state index in [0.29, 0.717) is 0 Å². The molecule has 1 unspecified atom stereocenters. The van der Waals surface area contributed by atoms with Crippen molar-refractivity contribution >= 4 is 11.9 Å². The topological polar surface area (TPSA) is 69.6 Å². The van der Waals surface area contributed by atoms with E-state index in [2.05, 4.69) is 12.2 Å². The molecule has 1 amide bonds. The van der Waals surface area contributed by atoms with Crippen LogP contribution in [0.15, 0.2) is 0 Å². The standard InChI is InChI=1S/C14H24N2O3/c1-2-14(5-7-15-8-6-14)13(19)16-9-3-4-11(16)10-12(17)18/h11,15H,2-10H2,1H3,(H,17,18). The molecule has 2 aliphatic rings. The van der Waals surface area contributed by atoms with Crippen molar-refractivity contribution in [3.63, 3.8) is 0 Å². The maximum Gasteiger partial charge on any atom is 0.305 e. The van der Waals surface area contributed by atoms with Gasteiger partial charge in [-0.25, -0.2) is 0 Å². The van der Waals surface area contributed by atoms with E-state index >= 15 is 0 Å². The molecule has 108 valence electrons. The van der Waals surface area contributed by atoms with Gasteiger partial charge in [0.05, 0.1) is 11.8 Å². The summed E-state index contributed by atoms with van der Waals surface area (Å²) in [7, 11) is 0. The van der Waals surface area contributed by atoms with E-state index in [1.54, 1.807) is 0 Å². The second-order valence-electron chi connectivity index (χ2n) is 5.78. The highest BCUT2D eigenvalue weighted by Crippen LogP contribution is 2.37. The lowest BCUT2D eigenvalue weighted by Gasteiger charge is -2.40. The van der Waals surface area contributed by atoms with Gasteiger partial charge in [0.2, 0.25) is 5.91 Å². The molecule has 2 rings (SSSR count). The number of carbonyl (C=O) groups is 2. The molecule has 0 aromatic heterocycles. The SMILES string of the molecule is CCC1(C(=O)N2CCCC2CC(=O)O)CCNCC1. The normalized spacial score (nSPS) is 26.4. The van der Waals surface area contributed by atoms with Crippen molar-refractivity contribution < 1.29 is 14.7 Å². The fourth-order valence-corrected chi connectivity index (χ4v) is 3.45. The number of carboxylic acid groups (broad SMARTS) is 1. The summed E-state index contributed by atoms with van der Waals surface area (Å²) in [6.07, 6.45) is 4.45. The molecule has 1 atom stereocenters. The molecule has 0 aliphatic carbocycles. The molecular weight excluding hydrogens is 244 g/mol. The Morgan fingerprint density at radius 2 is 2.05 bits per heavy atom. The first-order valence-electron chi connectivity index (χ1n) is 7.32. The molecule has 0 aromatic carbocycles. The number of likely N-dealkylation sites (tertiary alicyclic amines) is 1. The molecule has 5 heteroatoms. The van der Waals surface area contributed by atoms with E-state index in [4.69, 9.17) is 5.11 Å². The van der Waals surface area contributed by atoms with Crippen LogP contribution in [0.3, 0.4) is 0 Å². The second kappa shape index (κ2) is 5.90. The summed E-state index contributed by atoms with van der Waals surface area (Å²) in [6.45, 7) is 4.57. The smallest absolute Gasteiger partial charge is 0.305 e. The largest absolute Gasteiger partial charge is 0.481 e. The summed E-state index contributed by atoms with van der Waals surface area (Å²) in [6, 6.07) is -0.0942. The van der Waals surface area contributed by atoms with E-state index in [1.807, 2.05) is 4.90 Å². The van der Waals surface area contributed by atoms with Crippen molar-refractivity contribution in [3.8, 4) is 0 Å². The summed E-state index contributed by atoms with van der Waals surface area (Å²) in [5.41, 5.74) is -0.258. The van der Waals surface area contributed by atoms with Crippen LogP contribution in [-0.2, 0) is 9.59 Å². The van der Waals surface area contributed by atoms with Crippen LogP contribution in [0.1, 0.15) is 45.4 Å². The van der Waals surface area contributed by atoms with Gasteiger partial charge in [0, 0.05) is 12.6 Å². The minimum absolute atomic E-state index is 0.0871. The molecule has 2 saturated heterocycles. The first-order valence-corrected chi connectivity index (χ1v) is 7.32. The highest BCUT2D eigenvalue weighted by molar-refractivity contribution is 5.84. The first kappa shape index (κ1) is 14.3. The number of amides is 1. The number of hydrogen-bond donors (Lipinski definition) is 2. The van der Waals surface area contributed by atoms with Crippen LogP contribution in [0, 0.1) is 5.41 Å². The van der Waals surface area contributed by atoms with Gasteiger partial charge < -0.3 is 15.3 Å². The van der Waals surface area contributed by atoms with Crippen molar-refractivity contribution in [1.82, 2.24) is 10.2 Å². The quantitative estimate of drug-likeness (QED) is 0.804. The highest BCUT2D eigenvalue weighted by Gasteiger charge is 2.43. The van der Waals surface area contributed by atoms with Gasteiger partial charge in [0.25, 0.3) is 0 Å². The molecule has 0 bridgehead atoms. The first-order chi connectivity index (χ1) is 9.09. The van der Waals surface area contributed by atoms with Gasteiger partial charge >= 0.3 is 5.97 Å². The fraction of sp³-hybridized carbons (Fsp3) is 0.857. The van der Waals surface area contributed by atoms with Gasteiger partial charge in [-0.2, -0.15) is 0 Å². The van der Waals surface area contributed by atoms with Crippen LogP contribution >= 0.6 is 0 Å². The maximum atomic E-state index is 12.9. The van der Waals surface area contributed by atoms with Gasteiger partial charge in [-0.1, -0.05) is 6.92 Å². The van der Waals surface area contributed by atoms with E-state index in [0.717, 1.165) is 51.7 Å². The van der Waals surface area contributed by atoms with Crippen LogP contribution in [0.2, 0.25) is 0 Å². The summed E-state index contributed by atoms with van der Waals surface area (Å²) < 4.78 is 0. The van der Waals surface area contributed by atoms with Gasteiger partial charge in [-0.15, -0.1) is 0 Å². The van der Waals surface area contributed by atoms with Crippen LogP contribution in [0.5, 0.6) is 0 Å². The predicted octanol–water partition coefficient (Wildman–Crippen LogP) is 1.23. The Morgan fingerprint density at radius 3 is 2.63 bits per heavy atom. The lowest BCUT2D eigenvalue weighted by Crippen LogP contribution is -2.50. The summed E-state index contributed by atoms with van der Waals surface area (Å²) >= 11 is 0. The molecule has 0 aromatic rings. The molecule has 2 fully saturated rings. The number of carbonyl (C=O) groups excluding carboxylic acids is 1. The van der Waals surface area contributed by atoms with Crippen molar-refractivity contribution in [3.05, 3.63) is 0 Å². The van der Waals surface area contributed by atoms with E-state index < -0.39 is 5.97 Å². The molecule has 2 heterocycles. The number of rotatable bonds is 4. The van der Waals surface area contributed by atoms with Gasteiger partial charge in [-0.3, -0.25) is 9.59 Å². The number of hydrogen-bond acceptors (Lipinski definition) is 3. The summed E-state index contributed by atoms with van der Waals surface area (Å²) in [5.74, 6) is -0.610. The average Bonchev–Trinajstić information content (AvgIpc) is 2.85. The molecule has 0 spiro atoms. The van der Waals surface area contributed by atoms with Gasteiger partial charge in [0.1, 0.15) is 0 Å². The Labute approximate surface area is 114 Å². The predicted molar refractivity (Wildman–Crippen MR) is 71.8 cm³/mol. The van der Waals surface area contributed by atoms with Crippen LogP contribution in [-0.4, -0.2) is 47.6 Å². The van der Waals surface area contributed by atoms with E-state index in [9.17, 15) is 9.59 Å². The van der Waals surface area contributed by atoms with Gasteiger partial charge in [0.15, 0.2) is 0 Å². The summed E-state index contributed by atoms with van der Waals surface area (Å²) in [5, 5.41) is 12.3. The number of carboxylic acids is 1. The zero-order valence-electron chi connectivity index (χ0n) is 11.7. The highest BCUT2D eigenvalue weighted by atomic mass is 16.4. The molecule has 0 radical (unpaired) electrons. The third-order valence-electron chi connectivity index (χ3n) is 4.74. The number of nitrogens with zero attached hydrogens (tertiary/aromatic N) is 1. The van der Waals surface area contributed by atoms with Crippen LogP contribution in [0.25, 0.3) is 0 Å². The van der Waals surface area contributed by atoms with E-state index in [1.165, 1.54) is 0 Å². The van der Waals surface area contributed by atoms with Gasteiger partial charge in [-0.05, 0) is 45.2 Å². The molecule has 0 saturated carbocycles. The lowest BCUT2D eigenvalue weighted by atomic mass is 9.75. The minimum atomic E-state index is -0.805. The molecule has 2 N–H and O–H groups in total. The molecular formula is C14H24N2O3. The number of piperidine rings is 1.